The number of nitrogens with zero attached hydrogens (tertiary/aromatic N) is 1. The van der Waals surface area contributed by atoms with Gasteiger partial charge in [-0.2, -0.15) is 0 Å². The van der Waals surface area contributed by atoms with Gasteiger partial charge in [0.25, 0.3) is 0 Å². The third kappa shape index (κ3) is 2.38. The van der Waals surface area contributed by atoms with E-state index in [9.17, 15) is 9.59 Å². The zero-order valence-electron chi connectivity index (χ0n) is 11.2. The van der Waals surface area contributed by atoms with Gasteiger partial charge in [0.2, 0.25) is 5.91 Å². The normalized spacial score (nSPS) is 24.2. The highest BCUT2D eigenvalue weighted by molar-refractivity contribution is 5.83. The van der Waals surface area contributed by atoms with Crippen molar-refractivity contribution in [2.45, 2.75) is 51.9 Å². The molecule has 0 unspecified atom stereocenters. The minimum Gasteiger partial charge on any atom is -0.481 e. The molecule has 1 amide bonds. The van der Waals surface area contributed by atoms with Crippen molar-refractivity contribution < 1.29 is 14.7 Å². The van der Waals surface area contributed by atoms with Crippen LogP contribution in [0.25, 0.3) is 0 Å². The molecule has 1 aliphatic heterocycles. The largest absolute Gasteiger partial charge is 0.481 e. The van der Waals surface area contributed by atoms with Gasteiger partial charge in [0, 0.05) is 18.5 Å². The number of carboxylic acids is 1. The third-order valence-electron chi connectivity index (χ3n) is 4.82. The minimum atomic E-state index is -0.715. The van der Waals surface area contributed by atoms with E-state index < -0.39 is 5.97 Å². The van der Waals surface area contributed by atoms with Crippen molar-refractivity contribution >= 4 is 11.9 Å². The van der Waals surface area contributed by atoms with Crippen LogP contribution >= 0.6 is 0 Å². The Morgan fingerprint density at radius 3 is 2.22 bits per heavy atom. The van der Waals surface area contributed by atoms with Crippen molar-refractivity contribution in [2.24, 2.45) is 11.3 Å². The van der Waals surface area contributed by atoms with Crippen LogP contribution in [0.15, 0.2) is 0 Å². The molecule has 18 heavy (non-hydrogen) atoms. The Balaban J connectivity index is 1.96. The fourth-order valence-corrected chi connectivity index (χ4v) is 3.44. The van der Waals surface area contributed by atoms with E-state index in [4.69, 9.17) is 5.11 Å². The quantitative estimate of drug-likeness (QED) is 0.839. The zero-order chi connectivity index (χ0) is 13.2. The molecule has 0 aromatic rings. The molecule has 2 aliphatic rings. The van der Waals surface area contributed by atoms with E-state index >= 15 is 0 Å². The van der Waals surface area contributed by atoms with Crippen LogP contribution in [0.4, 0.5) is 0 Å². The second-order valence-corrected chi connectivity index (χ2v) is 5.75. The average molecular weight is 253 g/mol. The number of piperidine rings is 1. The van der Waals surface area contributed by atoms with Crippen LogP contribution in [-0.2, 0) is 9.59 Å². The molecule has 2 rings (SSSR count). The number of carbonyl (C=O) groups is 2. The van der Waals surface area contributed by atoms with E-state index in [1.807, 2.05) is 4.90 Å². The summed E-state index contributed by atoms with van der Waals surface area (Å²) >= 11 is 0. The van der Waals surface area contributed by atoms with Crippen LogP contribution < -0.4 is 0 Å². The monoisotopic (exact) mass is 253 g/mol. The Morgan fingerprint density at radius 1 is 1.22 bits per heavy atom. The molecule has 0 aromatic heterocycles. The molecule has 1 heterocycles. The SMILES string of the molecule is CCC1(C(=O)N2CCC(C(=O)O)CC2)CCCC1. The lowest BCUT2D eigenvalue weighted by atomic mass is 9.81. The summed E-state index contributed by atoms with van der Waals surface area (Å²) in [5, 5.41) is 8.97. The van der Waals surface area contributed by atoms with Crippen LogP contribution in [-0.4, -0.2) is 35.0 Å². The Labute approximate surface area is 108 Å². The fourth-order valence-electron chi connectivity index (χ4n) is 3.44. The van der Waals surface area contributed by atoms with E-state index in [2.05, 4.69) is 6.92 Å². The number of carbonyl (C=O) groups excluding carboxylic acids is 1. The standard InChI is InChI=1S/C14H23NO3/c1-2-14(7-3-4-8-14)13(18)15-9-5-11(6-10-15)12(16)17/h11H,2-10H2,1H3,(H,16,17). The molecule has 4 heteroatoms. The predicted octanol–water partition coefficient (Wildman–Crippen LogP) is 2.28. The second-order valence-electron chi connectivity index (χ2n) is 5.75. The molecule has 0 radical (unpaired) electrons. The van der Waals surface area contributed by atoms with Crippen molar-refractivity contribution in [1.29, 1.82) is 0 Å². The van der Waals surface area contributed by atoms with Gasteiger partial charge in [0.05, 0.1) is 5.92 Å². The average Bonchev–Trinajstić information content (AvgIpc) is 2.88. The molecule has 1 saturated heterocycles. The summed E-state index contributed by atoms with van der Waals surface area (Å²) in [7, 11) is 0. The smallest absolute Gasteiger partial charge is 0.306 e. The van der Waals surface area contributed by atoms with Crippen LogP contribution in [0.3, 0.4) is 0 Å². The number of hydrogen-bond acceptors (Lipinski definition) is 2. The summed E-state index contributed by atoms with van der Waals surface area (Å²) in [5.41, 5.74) is -0.129. The van der Waals surface area contributed by atoms with Crippen LogP contribution in [0, 0.1) is 11.3 Å². The Kier molecular flexibility index (Phi) is 3.93. The Bertz CT molecular complexity index is 326. The molecule has 2 fully saturated rings. The van der Waals surface area contributed by atoms with E-state index in [1.165, 1.54) is 0 Å². The Hall–Kier alpha value is -1.06. The van der Waals surface area contributed by atoms with Gasteiger partial charge < -0.3 is 10.0 Å². The fraction of sp³-hybridized carbons (Fsp3) is 0.857. The molecule has 0 aromatic carbocycles. The maximum atomic E-state index is 12.6. The maximum absolute atomic E-state index is 12.6. The first-order chi connectivity index (χ1) is 8.59. The topological polar surface area (TPSA) is 57.6 Å². The summed E-state index contributed by atoms with van der Waals surface area (Å²) in [6.07, 6.45) is 6.49. The molecule has 1 aliphatic carbocycles. The first-order valence-corrected chi connectivity index (χ1v) is 7.11. The van der Waals surface area contributed by atoms with E-state index in [-0.39, 0.29) is 17.2 Å². The molecule has 0 bridgehead atoms. The molecule has 1 N–H and O–H groups in total. The van der Waals surface area contributed by atoms with Crippen LogP contribution in [0.1, 0.15) is 51.9 Å². The van der Waals surface area contributed by atoms with Gasteiger partial charge in [0.1, 0.15) is 0 Å². The van der Waals surface area contributed by atoms with Crippen molar-refractivity contribution in [1.82, 2.24) is 4.90 Å². The third-order valence-corrected chi connectivity index (χ3v) is 4.82. The molecular formula is C14H23NO3. The van der Waals surface area contributed by atoms with Gasteiger partial charge >= 0.3 is 5.97 Å². The van der Waals surface area contributed by atoms with Gasteiger partial charge in [-0.3, -0.25) is 9.59 Å². The number of rotatable bonds is 3. The van der Waals surface area contributed by atoms with Crippen molar-refractivity contribution in [3.63, 3.8) is 0 Å². The van der Waals surface area contributed by atoms with E-state index in [0.29, 0.717) is 25.9 Å². The van der Waals surface area contributed by atoms with Gasteiger partial charge in [0.15, 0.2) is 0 Å². The highest BCUT2D eigenvalue weighted by atomic mass is 16.4. The zero-order valence-corrected chi connectivity index (χ0v) is 11.2. The van der Waals surface area contributed by atoms with Gasteiger partial charge in [-0.1, -0.05) is 19.8 Å². The lowest BCUT2D eigenvalue weighted by Crippen LogP contribution is -2.47. The van der Waals surface area contributed by atoms with Gasteiger partial charge in [-0.15, -0.1) is 0 Å². The first kappa shape index (κ1) is 13.4. The van der Waals surface area contributed by atoms with Crippen molar-refractivity contribution in [3.8, 4) is 0 Å². The van der Waals surface area contributed by atoms with Crippen LogP contribution in [0.2, 0.25) is 0 Å². The highest BCUT2D eigenvalue weighted by Gasteiger charge is 2.42. The molecule has 1 saturated carbocycles. The maximum Gasteiger partial charge on any atom is 0.306 e. The summed E-state index contributed by atoms with van der Waals surface area (Å²) in [6.45, 7) is 3.35. The number of aliphatic carboxylic acids is 1. The highest BCUT2D eigenvalue weighted by Crippen LogP contribution is 2.43. The molecule has 102 valence electrons. The summed E-state index contributed by atoms with van der Waals surface area (Å²) in [4.78, 5) is 25.4. The predicted molar refractivity (Wildman–Crippen MR) is 68.1 cm³/mol. The van der Waals surface area contributed by atoms with Gasteiger partial charge in [-0.25, -0.2) is 0 Å². The molecule has 0 atom stereocenters. The van der Waals surface area contributed by atoms with E-state index in [0.717, 1.165) is 32.1 Å². The number of amides is 1. The number of hydrogen-bond donors (Lipinski definition) is 1. The summed E-state index contributed by atoms with van der Waals surface area (Å²) in [6, 6.07) is 0. The van der Waals surface area contributed by atoms with Crippen molar-refractivity contribution in [2.75, 3.05) is 13.1 Å². The molecule has 0 spiro atoms. The van der Waals surface area contributed by atoms with E-state index in [1.54, 1.807) is 0 Å². The molecular weight excluding hydrogens is 230 g/mol. The molecule has 4 nitrogen and oxygen atoms in total. The van der Waals surface area contributed by atoms with Crippen molar-refractivity contribution in [3.05, 3.63) is 0 Å². The minimum absolute atomic E-state index is 0.129. The lowest BCUT2D eigenvalue weighted by Gasteiger charge is -2.37. The Morgan fingerprint density at radius 2 is 1.78 bits per heavy atom. The van der Waals surface area contributed by atoms with Gasteiger partial charge in [-0.05, 0) is 32.1 Å². The number of likely N-dealkylation sites (tertiary alicyclic amines) is 1. The first-order valence-electron chi connectivity index (χ1n) is 7.11. The summed E-state index contributed by atoms with van der Waals surface area (Å²) < 4.78 is 0. The van der Waals surface area contributed by atoms with Crippen LogP contribution in [0.5, 0.6) is 0 Å². The summed E-state index contributed by atoms with van der Waals surface area (Å²) in [5.74, 6) is -0.685. The second kappa shape index (κ2) is 5.29. The lowest BCUT2D eigenvalue weighted by molar-refractivity contribution is -0.149. The number of carboxylic acid groups (broad SMARTS) is 1.